The summed E-state index contributed by atoms with van der Waals surface area (Å²) in [5.41, 5.74) is 2.19. The summed E-state index contributed by atoms with van der Waals surface area (Å²) >= 11 is 6.03. The molecule has 0 saturated carbocycles. The monoisotopic (exact) mass is 424 g/mol. The first-order valence-corrected chi connectivity index (χ1v) is 9.37. The summed E-state index contributed by atoms with van der Waals surface area (Å²) in [5, 5.41) is 6.83. The number of fused-ring (bicyclic) bond motifs is 1. The maximum Gasteiger partial charge on any atom is 0.291 e. The minimum atomic E-state index is -0.411. The lowest BCUT2D eigenvalue weighted by molar-refractivity contribution is 0.0989. The van der Waals surface area contributed by atoms with Crippen LogP contribution in [0, 0.1) is 6.92 Å². The Morgan fingerprint density at radius 3 is 2.60 bits per heavy atom. The third-order valence-corrected chi connectivity index (χ3v) is 4.79. The number of carbonyl (C=O) groups excluding carboxylic acids is 2. The van der Waals surface area contributed by atoms with Gasteiger partial charge in [-0.3, -0.25) is 9.59 Å². The van der Waals surface area contributed by atoms with Gasteiger partial charge >= 0.3 is 0 Å². The van der Waals surface area contributed by atoms with Crippen LogP contribution in [0.25, 0.3) is 11.0 Å². The van der Waals surface area contributed by atoms with E-state index < -0.39 is 11.8 Å². The number of benzene rings is 2. The molecule has 152 valence electrons. The standard InChI is InChI=1S/C22H17ClN2O5/c1-12-15-10-13(23)5-8-17(15)30-20(12)22(27)24-14-6-7-16(19(11-14)28-2)25-21(26)18-4-3-9-29-18/h3-11H,1-2H3,(H,24,27)(H,25,26). The third-order valence-electron chi connectivity index (χ3n) is 4.56. The topological polar surface area (TPSA) is 93.7 Å². The molecule has 0 aliphatic carbocycles. The van der Waals surface area contributed by atoms with Gasteiger partial charge in [-0.2, -0.15) is 0 Å². The first-order chi connectivity index (χ1) is 14.5. The predicted octanol–water partition coefficient (Wildman–Crippen LogP) is 5.50. The minimum absolute atomic E-state index is 0.176. The molecule has 2 amide bonds. The molecule has 0 unspecified atom stereocenters. The number of nitrogens with one attached hydrogen (secondary N) is 2. The Morgan fingerprint density at radius 1 is 1.03 bits per heavy atom. The molecule has 2 N–H and O–H groups in total. The summed E-state index contributed by atoms with van der Waals surface area (Å²) in [6.45, 7) is 1.80. The molecular formula is C22H17ClN2O5. The van der Waals surface area contributed by atoms with Crippen LogP contribution in [0.1, 0.15) is 26.7 Å². The SMILES string of the molecule is COc1cc(NC(=O)c2oc3ccc(Cl)cc3c2C)ccc1NC(=O)c1ccco1. The summed E-state index contributed by atoms with van der Waals surface area (Å²) in [4.78, 5) is 24.9. The van der Waals surface area contributed by atoms with E-state index in [1.807, 2.05) is 0 Å². The smallest absolute Gasteiger partial charge is 0.291 e. The van der Waals surface area contributed by atoms with Crippen molar-refractivity contribution in [3.05, 3.63) is 76.9 Å². The van der Waals surface area contributed by atoms with Crippen molar-refractivity contribution < 1.29 is 23.2 Å². The Kier molecular flexibility index (Phi) is 5.20. The molecule has 7 nitrogen and oxygen atoms in total. The molecule has 0 atom stereocenters. The van der Waals surface area contributed by atoms with Crippen LogP contribution in [0.2, 0.25) is 5.02 Å². The number of aryl methyl sites for hydroxylation is 1. The fourth-order valence-electron chi connectivity index (χ4n) is 3.06. The van der Waals surface area contributed by atoms with Crippen LogP contribution < -0.4 is 15.4 Å². The van der Waals surface area contributed by atoms with Gasteiger partial charge < -0.3 is 24.2 Å². The summed E-state index contributed by atoms with van der Waals surface area (Å²) in [7, 11) is 1.47. The van der Waals surface area contributed by atoms with Crippen molar-refractivity contribution in [3.63, 3.8) is 0 Å². The van der Waals surface area contributed by atoms with Crippen molar-refractivity contribution in [2.24, 2.45) is 0 Å². The van der Waals surface area contributed by atoms with Gasteiger partial charge in [0.05, 0.1) is 19.1 Å². The first-order valence-electron chi connectivity index (χ1n) is 8.99. The van der Waals surface area contributed by atoms with Gasteiger partial charge in [0.25, 0.3) is 11.8 Å². The first kappa shape index (κ1) is 19.6. The van der Waals surface area contributed by atoms with Gasteiger partial charge in [0.15, 0.2) is 11.5 Å². The highest BCUT2D eigenvalue weighted by atomic mass is 35.5. The number of amides is 2. The molecule has 0 bridgehead atoms. The molecular weight excluding hydrogens is 408 g/mol. The zero-order valence-electron chi connectivity index (χ0n) is 16.1. The van der Waals surface area contributed by atoms with Gasteiger partial charge in [0, 0.05) is 27.7 Å². The molecule has 0 aliphatic heterocycles. The number of halogens is 1. The number of ether oxygens (including phenoxy) is 1. The van der Waals surface area contributed by atoms with E-state index >= 15 is 0 Å². The number of methoxy groups -OCH3 is 1. The van der Waals surface area contributed by atoms with Crippen LogP contribution in [0.5, 0.6) is 5.75 Å². The molecule has 2 aromatic heterocycles. The van der Waals surface area contributed by atoms with E-state index in [2.05, 4.69) is 10.6 Å². The lowest BCUT2D eigenvalue weighted by Crippen LogP contribution is -2.14. The van der Waals surface area contributed by atoms with Crippen molar-refractivity contribution >= 4 is 45.8 Å². The fourth-order valence-corrected chi connectivity index (χ4v) is 3.23. The quantitative estimate of drug-likeness (QED) is 0.441. The Morgan fingerprint density at radius 2 is 1.87 bits per heavy atom. The minimum Gasteiger partial charge on any atom is -0.494 e. The van der Waals surface area contributed by atoms with Gasteiger partial charge in [0.1, 0.15) is 11.3 Å². The van der Waals surface area contributed by atoms with Gasteiger partial charge in [-0.05, 0) is 49.4 Å². The Bertz CT molecular complexity index is 1240. The van der Waals surface area contributed by atoms with Gasteiger partial charge in [-0.25, -0.2) is 0 Å². The number of hydrogen-bond acceptors (Lipinski definition) is 5. The van der Waals surface area contributed by atoms with Crippen LogP contribution in [-0.2, 0) is 0 Å². The van der Waals surface area contributed by atoms with Gasteiger partial charge in [-0.15, -0.1) is 0 Å². The van der Waals surface area contributed by atoms with Crippen molar-refractivity contribution in [3.8, 4) is 5.75 Å². The zero-order valence-corrected chi connectivity index (χ0v) is 16.9. The molecule has 0 radical (unpaired) electrons. The number of furan rings is 2. The highest BCUT2D eigenvalue weighted by Crippen LogP contribution is 2.31. The second-order valence-corrected chi connectivity index (χ2v) is 6.93. The number of hydrogen-bond donors (Lipinski definition) is 2. The molecule has 2 heterocycles. The molecule has 0 saturated heterocycles. The van der Waals surface area contributed by atoms with Crippen LogP contribution in [0.4, 0.5) is 11.4 Å². The molecule has 4 rings (SSSR count). The second-order valence-electron chi connectivity index (χ2n) is 6.50. The average molecular weight is 425 g/mol. The van der Waals surface area contributed by atoms with E-state index in [-0.39, 0.29) is 11.5 Å². The number of anilines is 2. The predicted molar refractivity (Wildman–Crippen MR) is 114 cm³/mol. The maximum absolute atomic E-state index is 12.7. The number of rotatable bonds is 5. The molecule has 8 heteroatoms. The van der Waals surface area contributed by atoms with Crippen molar-refractivity contribution in [1.29, 1.82) is 0 Å². The Hall–Kier alpha value is -3.71. The Balaban J connectivity index is 1.55. The highest BCUT2D eigenvalue weighted by Gasteiger charge is 2.19. The molecule has 0 fully saturated rings. The highest BCUT2D eigenvalue weighted by molar-refractivity contribution is 6.31. The lowest BCUT2D eigenvalue weighted by atomic mass is 10.1. The van der Waals surface area contributed by atoms with E-state index in [0.29, 0.717) is 33.3 Å². The lowest BCUT2D eigenvalue weighted by Gasteiger charge is -2.12. The van der Waals surface area contributed by atoms with Crippen molar-refractivity contribution in [2.45, 2.75) is 6.92 Å². The molecule has 2 aromatic carbocycles. The number of carbonyl (C=O) groups is 2. The van der Waals surface area contributed by atoms with Crippen molar-refractivity contribution in [1.82, 2.24) is 0 Å². The van der Waals surface area contributed by atoms with E-state index in [1.165, 1.54) is 13.4 Å². The average Bonchev–Trinajstić information content (AvgIpc) is 3.38. The third kappa shape index (κ3) is 3.75. The van der Waals surface area contributed by atoms with E-state index in [4.69, 9.17) is 25.2 Å². The van der Waals surface area contributed by atoms with E-state index in [1.54, 1.807) is 55.5 Å². The fraction of sp³-hybridized carbons (Fsp3) is 0.0909. The largest absolute Gasteiger partial charge is 0.494 e. The molecule has 0 aliphatic rings. The van der Waals surface area contributed by atoms with Crippen molar-refractivity contribution in [2.75, 3.05) is 17.7 Å². The Labute approximate surface area is 176 Å². The normalized spacial score (nSPS) is 10.8. The maximum atomic E-state index is 12.7. The van der Waals surface area contributed by atoms with Crippen LogP contribution in [0.15, 0.2) is 63.6 Å². The molecule has 0 spiro atoms. The summed E-state index contributed by atoms with van der Waals surface area (Å²) in [6, 6.07) is 13.2. The summed E-state index contributed by atoms with van der Waals surface area (Å²) in [5.74, 6) is -0.0713. The van der Waals surface area contributed by atoms with Gasteiger partial charge in [0.2, 0.25) is 0 Å². The van der Waals surface area contributed by atoms with E-state index in [9.17, 15) is 9.59 Å². The van der Waals surface area contributed by atoms with E-state index in [0.717, 1.165) is 5.39 Å². The molecule has 4 aromatic rings. The van der Waals surface area contributed by atoms with Crippen LogP contribution in [-0.4, -0.2) is 18.9 Å². The molecule has 30 heavy (non-hydrogen) atoms. The summed E-state index contributed by atoms with van der Waals surface area (Å²) < 4.78 is 16.1. The van der Waals surface area contributed by atoms with Crippen LogP contribution >= 0.6 is 11.6 Å². The summed E-state index contributed by atoms with van der Waals surface area (Å²) in [6.07, 6.45) is 1.42. The van der Waals surface area contributed by atoms with Crippen LogP contribution in [0.3, 0.4) is 0 Å². The zero-order chi connectivity index (χ0) is 21.3. The van der Waals surface area contributed by atoms with Gasteiger partial charge in [-0.1, -0.05) is 11.6 Å². The second kappa shape index (κ2) is 7.96.